The number of hydrogen-bond acceptors (Lipinski definition) is 0. The lowest BCUT2D eigenvalue weighted by Gasteiger charge is -2.29. The second kappa shape index (κ2) is 10.5. The molecule has 0 amide bonds. The van der Waals surface area contributed by atoms with Crippen LogP contribution in [-0.4, -0.2) is 0 Å². The van der Waals surface area contributed by atoms with Gasteiger partial charge in [0.25, 0.3) is 6.08 Å². The Morgan fingerprint density at radius 3 is 2.26 bits per heavy atom. The molecule has 0 spiro atoms. The predicted molar refractivity (Wildman–Crippen MR) is 128 cm³/mol. The van der Waals surface area contributed by atoms with E-state index in [1.807, 2.05) is 6.92 Å². The molecule has 0 saturated heterocycles. The molecule has 0 bridgehead atoms. The van der Waals surface area contributed by atoms with Crippen molar-refractivity contribution in [3.8, 4) is 11.1 Å². The van der Waals surface area contributed by atoms with Crippen molar-refractivity contribution in [2.45, 2.75) is 51.4 Å². The highest BCUT2D eigenvalue weighted by Crippen LogP contribution is 2.40. The maximum Gasteiger partial charge on any atom is 0.271 e. The minimum atomic E-state index is -2.00. The van der Waals surface area contributed by atoms with Gasteiger partial charge in [0.2, 0.25) is 0 Å². The van der Waals surface area contributed by atoms with Gasteiger partial charge in [0.1, 0.15) is 17.5 Å². The first-order chi connectivity index (χ1) is 16.4. The molecule has 3 aromatic rings. The Kier molecular flexibility index (Phi) is 7.50. The molecular formula is C29H27F5. The van der Waals surface area contributed by atoms with Crippen LogP contribution in [0.2, 0.25) is 0 Å². The lowest BCUT2D eigenvalue weighted by Crippen LogP contribution is -2.14. The largest absolute Gasteiger partial charge is 0.271 e. The molecule has 1 saturated carbocycles. The molecule has 0 N–H and O–H groups in total. The average Bonchev–Trinajstić information content (AvgIpc) is 2.81. The van der Waals surface area contributed by atoms with E-state index in [-0.39, 0.29) is 28.0 Å². The molecule has 3 aromatic carbocycles. The highest BCUT2D eigenvalue weighted by Gasteiger charge is 2.24. The van der Waals surface area contributed by atoms with Crippen molar-refractivity contribution < 1.29 is 22.0 Å². The first kappa shape index (κ1) is 24.2. The van der Waals surface area contributed by atoms with Crippen molar-refractivity contribution in [3.63, 3.8) is 0 Å². The van der Waals surface area contributed by atoms with Crippen molar-refractivity contribution in [1.82, 2.24) is 0 Å². The van der Waals surface area contributed by atoms with E-state index in [1.54, 1.807) is 0 Å². The molecule has 0 radical (unpaired) electrons. The van der Waals surface area contributed by atoms with E-state index in [0.29, 0.717) is 22.9 Å². The molecule has 34 heavy (non-hydrogen) atoms. The molecule has 178 valence electrons. The molecule has 4 rings (SSSR count). The highest BCUT2D eigenvalue weighted by molar-refractivity contribution is 5.89. The maximum atomic E-state index is 15.1. The van der Waals surface area contributed by atoms with Crippen LogP contribution in [0.1, 0.15) is 62.5 Å². The van der Waals surface area contributed by atoms with Crippen LogP contribution in [-0.2, 0) is 0 Å². The molecule has 0 heterocycles. The minimum Gasteiger partial charge on any atom is -0.206 e. The number of benzene rings is 3. The van der Waals surface area contributed by atoms with E-state index < -0.39 is 23.5 Å². The number of rotatable bonds is 6. The van der Waals surface area contributed by atoms with E-state index in [1.165, 1.54) is 42.5 Å². The summed E-state index contributed by atoms with van der Waals surface area (Å²) in [5.74, 6) is -1.29. The molecule has 1 aliphatic rings. The lowest BCUT2D eigenvalue weighted by atomic mass is 9.77. The summed E-state index contributed by atoms with van der Waals surface area (Å²) in [5.41, 5.74) is 0.562. The lowest BCUT2D eigenvalue weighted by molar-refractivity contribution is 0.311. The van der Waals surface area contributed by atoms with Gasteiger partial charge in [0.15, 0.2) is 0 Å². The summed E-state index contributed by atoms with van der Waals surface area (Å²) in [6.07, 6.45) is 8.89. The third-order valence-electron chi connectivity index (χ3n) is 6.90. The van der Waals surface area contributed by atoms with Gasteiger partial charge in [-0.15, -0.1) is 0 Å². The second-order valence-electron chi connectivity index (χ2n) is 9.06. The number of allylic oxidation sites excluding steroid dienone is 2. The molecule has 0 nitrogen and oxygen atoms in total. The molecular weight excluding hydrogens is 443 g/mol. The molecule has 0 unspecified atom stereocenters. The zero-order valence-electron chi connectivity index (χ0n) is 19.1. The first-order valence-electron chi connectivity index (χ1n) is 11.7. The summed E-state index contributed by atoms with van der Waals surface area (Å²) < 4.78 is 69.8. The Balaban J connectivity index is 1.57. The molecule has 0 aromatic heterocycles. The Labute approximate surface area is 196 Å². The molecule has 0 atom stereocenters. The Hall–Kier alpha value is -2.95. The average molecular weight is 471 g/mol. The fraction of sp³-hybridized carbons (Fsp3) is 0.310. The first-order valence-corrected chi connectivity index (χ1v) is 11.7. The third kappa shape index (κ3) is 5.24. The number of halogens is 5. The quantitative estimate of drug-likeness (QED) is 0.248. The van der Waals surface area contributed by atoms with E-state index in [4.69, 9.17) is 0 Å². The summed E-state index contributed by atoms with van der Waals surface area (Å²) in [6.45, 7) is 2.02. The van der Waals surface area contributed by atoms with Crippen LogP contribution in [0.5, 0.6) is 0 Å². The topological polar surface area (TPSA) is 0 Å². The second-order valence-corrected chi connectivity index (χ2v) is 9.06. The Morgan fingerprint density at radius 1 is 0.912 bits per heavy atom. The van der Waals surface area contributed by atoms with Gasteiger partial charge in [-0.1, -0.05) is 36.4 Å². The summed E-state index contributed by atoms with van der Waals surface area (Å²) >= 11 is 0. The van der Waals surface area contributed by atoms with Gasteiger partial charge in [0.05, 0.1) is 5.56 Å². The van der Waals surface area contributed by atoms with E-state index >= 15 is 8.78 Å². The molecule has 0 aliphatic heterocycles. The van der Waals surface area contributed by atoms with Crippen molar-refractivity contribution in [1.29, 1.82) is 0 Å². The van der Waals surface area contributed by atoms with Crippen LogP contribution in [0.3, 0.4) is 0 Å². The van der Waals surface area contributed by atoms with Crippen LogP contribution in [0, 0.1) is 23.4 Å². The van der Waals surface area contributed by atoms with Gasteiger partial charge >= 0.3 is 0 Å². The SMILES string of the molecule is C/C=C/CCC1CCC(c2cc(F)c(-c3ccc4c(F)c(C=C(F)F)ccc4c3)c(F)c2)CC1. The van der Waals surface area contributed by atoms with Crippen LogP contribution in [0.25, 0.3) is 28.0 Å². The predicted octanol–water partition coefficient (Wildman–Crippen LogP) is 9.79. The van der Waals surface area contributed by atoms with Gasteiger partial charge in [-0.05, 0) is 92.0 Å². The summed E-state index contributed by atoms with van der Waals surface area (Å²) in [7, 11) is 0. The van der Waals surface area contributed by atoms with E-state index in [9.17, 15) is 13.2 Å². The highest BCUT2D eigenvalue weighted by atomic mass is 19.3. The monoisotopic (exact) mass is 470 g/mol. The summed E-state index contributed by atoms with van der Waals surface area (Å²) in [5, 5.41) is 0.493. The maximum absolute atomic E-state index is 15.1. The number of fused-ring (bicyclic) bond motifs is 1. The van der Waals surface area contributed by atoms with Crippen molar-refractivity contribution in [3.05, 3.63) is 89.3 Å². The molecule has 1 aliphatic carbocycles. The van der Waals surface area contributed by atoms with Crippen LogP contribution in [0.15, 0.2) is 60.7 Å². The van der Waals surface area contributed by atoms with Crippen molar-refractivity contribution in [2.75, 3.05) is 0 Å². The van der Waals surface area contributed by atoms with Crippen LogP contribution >= 0.6 is 0 Å². The van der Waals surface area contributed by atoms with Gasteiger partial charge in [-0.25, -0.2) is 13.2 Å². The Bertz CT molecular complexity index is 1210. The van der Waals surface area contributed by atoms with Crippen LogP contribution < -0.4 is 0 Å². The fourth-order valence-corrected chi connectivity index (χ4v) is 5.08. The smallest absolute Gasteiger partial charge is 0.206 e. The normalized spacial score (nSPS) is 18.5. The van der Waals surface area contributed by atoms with Crippen molar-refractivity contribution >= 4 is 16.8 Å². The summed E-state index contributed by atoms with van der Waals surface area (Å²) in [4.78, 5) is 0. The van der Waals surface area contributed by atoms with Gasteiger partial charge in [0, 0.05) is 17.0 Å². The number of hydrogen-bond donors (Lipinski definition) is 0. The Morgan fingerprint density at radius 2 is 1.62 bits per heavy atom. The van der Waals surface area contributed by atoms with Gasteiger partial charge in [-0.3, -0.25) is 0 Å². The summed E-state index contributed by atoms with van der Waals surface area (Å²) in [6, 6.07) is 9.81. The molecule has 5 heteroatoms. The van der Waals surface area contributed by atoms with Crippen LogP contribution in [0.4, 0.5) is 22.0 Å². The van der Waals surface area contributed by atoms with Gasteiger partial charge < -0.3 is 0 Å². The van der Waals surface area contributed by atoms with E-state index in [2.05, 4.69) is 12.2 Å². The zero-order valence-corrected chi connectivity index (χ0v) is 19.1. The minimum absolute atomic E-state index is 0.113. The van der Waals surface area contributed by atoms with E-state index in [0.717, 1.165) is 38.5 Å². The fourth-order valence-electron chi connectivity index (χ4n) is 5.08. The standard InChI is InChI=1S/C29H27F5/c1-2-3-4-5-18-6-8-19(9-7-18)23-15-25(30)28(26(31)16-23)21-12-13-24-20(14-21)10-11-22(29(24)34)17-27(32)33/h2-3,10-19H,4-9H2,1H3/b3-2+. The third-order valence-corrected chi connectivity index (χ3v) is 6.90. The van der Waals surface area contributed by atoms with Gasteiger partial charge in [-0.2, -0.15) is 8.78 Å². The molecule has 1 fully saturated rings. The van der Waals surface area contributed by atoms with Crippen molar-refractivity contribution in [2.24, 2.45) is 5.92 Å². The zero-order chi connectivity index (χ0) is 24.2.